The Kier molecular flexibility index (Phi) is 6.42. The number of rotatable bonds is 8. The summed E-state index contributed by atoms with van der Waals surface area (Å²) >= 11 is 0. The van der Waals surface area contributed by atoms with Crippen molar-refractivity contribution in [3.8, 4) is 0 Å². The molecule has 0 unspecified atom stereocenters. The van der Waals surface area contributed by atoms with Gasteiger partial charge in [0.1, 0.15) is 5.92 Å². The van der Waals surface area contributed by atoms with E-state index in [0.717, 1.165) is 19.3 Å². The maximum Gasteiger partial charge on any atom is 0.243 e. The Labute approximate surface area is 171 Å². The van der Waals surface area contributed by atoms with Gasteiger partial charge in [-0.15, -0.1) is 0 Å². The van der Waals surface area contributed by atoms with E-state index in [0.29, 0.717) is 37.6 Å². The molecule has 1 N–H and O–H groups in total. The summed E-state index contributed by atoms with van der Waals surface area (Å²) in [5, 5.41) is 13.6. The van der Waals surface area contributed by atoms with Gasteiger partial charge in [0.2, 0.25) is 22.0 Å². The van der Waals surface area contributed by atoms with Crippen molar-refractivity contribution in [1.82, 2.24) is 4.31 Å². The highest BCUT2D eigenvalue weighted by atomic mass is 32.2. The standard InChI is InChI=1S/C19H28N4O5S/c1-3-21(4-2)17-9-8-14(29(27,28)22-10-6-5-7-11-22)12-16(17)20-19(24)15-13-18(15)23(25)26/h8-9,12,15,18H,3-7,10-11,13H2,1-2H3,(H,20,24)/t15-,18+/m0/s1. The molecule has 0 bridgehead atoms. The van der Waals surface area contributed by atoms with Crippen molar-refractivity contribution in [3.05, 3.63) is 28.3 Å². The number of sulfonamides is 1. The first-order chi connectivity index (χ1) is 13.8. The molecule has 0 spiro atoms. The minimum Gasteiger partial charge on any atom is -0.370 e. The fourth-order valence-corrected chi connectivity index (χ4v) is 5.34. The summed E-state index contributed by atoms with van der Waals surface area (Å²) in [7, 11) is -3.65. The lowest BCUT2D eigenvalue weighted by Crippen LogP contribution is -2.35. The molecular weight excluding hydrogens is 396 g/mol. The van der Waals surface area contributed by atoms with Crippen molar-refractivity contribution in [1.29, 1.82) is 0 Å². The van der Waals surface area contributed by atoms with Crippen LogP contribution in [0, 0.1) is 16.0 Å². The van der Waals surface area contributed by atoms with Gasteiger partial charge in [-0.2, -0.15) is 4.31 Å². The molecule has 1 aliphatic carbocycles. The van der Waals surface area contributed by atoms with Gasteiger partial charge in [-0.05, 0) is 44.9 Å². The highest BCUT2D eigenvalue weighted by molar-refractivity contribution is 7.89. The normalized spacial score (nSPS) is 22.1. The lowest BCUT2D eigenvalue weighted by Gasteiger charge is -2.28. The summed E-state index contributed by atoms with van der Waals surface area (Å²) in [6, 6.07) is 3.91. The zero-order valence-electron chi connectivity index (χ0n) is 16.8. The molecule has 2 atom stereocenters. The number of nitro groups is 1. The van der Waals surface area contributed by atoms with Crippen LogP contribution in [0.2, 0.25) is 0 Å². The van der Waals surface area contributed by atoms with Crippen molar-refractivity contribution in [2.24, 2.45) is 5.92 Å². The summed E-state index contributed by atoms with van der Waals surface area (Å²) in [6.45, 7) is 6.29. The Hall–Kier alpha value is -2.20. The molecule has 1 aliphatic heterocycles. The van der Waals surface area contributed by atoms with E-state index in [1.54, 1.807) is 12.1 Å². The zero-order valence-corrected chi connectivity index (χ0v) is 17.7. The molecule has 1 aromatic rings. The van der Waals surface area contributed by atoms with Crippen molar-refractivity contribution in [3.63, 3.8) is 0 Å². The molecule has 10 heteroatoms. The number of nitrogens with zero attached hydrogens (tertiary/aromatic N) is 3. The Morgan fingerprint density at radius 3 is 2.45 bits per heavy atom. The van der Waals surface area contributed by atoms with E-state index in [2.05, 4.69) is 5.32 Å². The van der Waals surface area contributed by atoms with Crippen molar-refractivity contribution in [2.45, 2.75) is 50.5 Å². The summed E-state index contributed by atoms with van der Waals surface area (Å²) in [5.41, 5.74) is 1.09. The maximum atomic E-state index is 13.0. The van der Waals surface area contributed by atoms with Crippen molar-refractivity contribution >= 4 is 27.3 Å². The van der Waals surface area contributed by atoms with Gasteiger partial charge in [0, 0.05) is 37.5 Å². The minimum atomic E-state index is -3.65. The van der Waals surface area contributed by atoms with E-state index in [-0.39, 0.29) is 11.3 Å². The van der Waals surface area contributed by atoms with Crippen LogP contribution >= 0.6 is 0 Å². The average Bonchev–Trinajstić information content (AvgIpc) is 3.52. The first-order valence-corrected chi connectivity index (χ1v) is 11.6. The Balaban J connectivity index is 1.91. The molecule has 2 fully saturated rings. The molecule has 0 radical (unpaired) electrons. The fraction of sp³-hybridized carbons (Fsp3) is 0.632. The molecule has 9 nitrogen and oxygen atoms in total. The van der Waals surface area contributed by atoms with E-state index in [9.17, 15) is 23.3 Å². The third kappa shape index (κ3) is 4.53. The summed E-state index contributed by atoms with van der Waals surface area (Å²) in [6.07, 6.45) is 2.91. The number of hydrogen-bond acceptors (Lipinski definition) is 6. The van der Waals surface area contributed by atoms with Crippen LogP contribution in [0.4, 0.5) is 11.4 Å². The largest absolute Gasteiger partial charge is 0.370 e. The Bertz CT molecular complexity index is 879. The van der Waals surface area contributed by atoms with Gasteiger partial charge in [-0.1, -0.05) is 6.42 Å². The summed E-state index contributed by atoms with van der Waals surface area (Å²) in [5.74, 6) is -1.11. The number of carbonyl (C=O) groups excluding carboxylic acids is 1. The Morgan fingerprint density at radius 1 is 1.24 bits per heavy atom. The molecule has 1 saturated carbocycles. The number of piperidine rings is 1. The third-order valence-corrected chi connectivity index (χ3v) is 7.54. The van der Waals surface area contributed by atoms with E-state index in [1.807, 2.05) is 18.7 Å². The van der Waals surface area contributed by atoms with Crippen LogP contribution < -0.4 is 10.2 Å². The monoisotopic (exact) mass is 424 g/mol. The van der Waals surface area contributed by atoms with Crippen molar-refractivity contribution < 1.29 is 18.1 Å². The first kappa shape index (κ1) is 21.5. The first-order valence-electron chi connectivity index (χ1n) is 10.1. The van der Waals surface area contributed by atoms with Crippen LogP contribution in [0.15, 0.2) is 23.1 Å². The lowest BCUT2D eigenvalue weighted by molar-refractivity contribution is -0.497. The van der Waals surface area contributed by atoms with Gasteiger partial charge in [-0.3, -0.25) is 14.9 Å². The number of amides is 1. The van der Waals surface area contributed by atoms with Crippen LogP contribution in [0.25, 0.3) is 0 Å². The SMILES string of the molecule is CCN(CC)c1ccc(S(=O)(=O)N2CCCCC2)cc1NC(=O)[C@H]1C[C@H]1[N+](=O)[O-]. The van der Waals surface area contributed by atoms with E-state index in [1.165, 1.54) is 10.4 Å². The molecule has 2 aliphatic rings. The van der Waals surface area contributed by atoms with Crippen LogP contribution in [0.1, 0.15) is 39.5 Å². The highest BCUT2D eigenvalue weighted by Crippen LogP contribution is 2.36. The molecule has 29 heavy (non-hydrogen) atoms. The van der Waals surface area contributed by atoms with Gasteiger partial charge in [0.15, 0.2) is 0 Å². The molecule has 1 amide bonds. The fourth-order valence-electron chi connectivity index (χ4n) is 3.79. The van der Waals surface area contributed by atoms with Crippen molar-refractivity contribution in [2.75, 3.05) is 36.4 Å². The maximum absolute atomic E-state index is 13.0. The number of hydrogen-bond donors (Lipinski definition) is 1. The number of carbonyl (C=O) groups is 1. The van der Waals surface area contributed by atoms with Gasteiger partial charge in [-0.25, -0.2) is 8.42 Å². The molecule has 1 aromatic carbocycles. The van der Waals surface area contributed by atoms with Gasteiger partial charge >= 0.3 is 0 Å². The topological polar surface area (TPSA) is 113 Å². The molecule has 3 rings (SSSR count). The highest BCUT2D eigenvalue weighted by Gasteiger charge is 2.53. The lowest BCUT2D eigenvalue weighted by atomic mass is 10.2. The van der Waals surface area contributed by atoms with Gasteiger partial charge < -0.3 is 10.2 Å². The van der Waals surface area contributed by atoms with Crippen LogP contribution in [0.5, 0.6) is 0 Å². The van der Waals surface area contributed by atoms with Crippen LogP contribution in [-0.4, -0.2) is 55.8 Å². The second-order valence-corrected chi connectivity index (χ2v) is 9.44. The average molecular weight is 425 g/mol. The number of benzene rings is 1. The number of anilines is 2. The van der Waals surface area contributed by atoms with Crippen LogP contribution in [0.3, 0.4) is 0 Å². The Morgan fingerprint density at radius 2 is 1.90 bits per heavy atom. The third-order valence-electron chi connectivity index (χ3n) is 5.65. The predicted molar refractivity (Wildman–Crippen MR) is 110 cm³/mol. The summed E-state index contributed by atoms with van der Waals surface area (Å²) in [4.78, 5) is 25.1. The minimum absolute atomic E-state index is 0.132. The van der Waals surface area contributed by atoms with E-state index < -0.39 is 32.8 Å². The molecule has 160 valence electrons. The second-order valence-electron chi connectivity index (χ2n) is 7.50. The predicted octanol–water partition coefficient (Wildman–Crippen LogP) is 2.31. The number of nitrogens with one attached hydrogen (secondary N) is 1. The molecular formula is C19H28N4O5S. The zero-order chi connectivity index (χ0) is 21.2. The second kappa shape index (κ2) is 8.66. The molecule has 1 saturated heterocycles. The van der Waals surface area contributed by atoms with Gasteiger partial charge in [0.05, 0.1) is 16.3 Å². The van der Waals surface area contributed by atoms with E-state index >= 15 is 0 Å². The van der Waals surface area contributed by atoms with Crippen LogP contribution in [-0.2, 0) is 14.8 Å². The van der Waals surface area contributed by atoms with Gasteiger partial charge in [0.25, 0.3) is 0 Å². The quantitative estimate of drug-likeness (QED) is 0.506. The molecule has 1 heterocycles. The molecule has 0 aromatic heterocycles. The summed E-state index contributed by atoms with van der Waals surface area (Å²) < 4.78 is 27.6. The smallest absolute Gasteiger partial charge is 0.243 e. The van der Waals surface area contributed by atoms with E-state index in [4.69, 9.17) is 0 Å².